The molecule has 0 aliphatic carbocycles. The number of urea groups is 1. The second kappa shape index (κ2) is 11.7. The van der Waals surface area contributed by atoms with Crippen LogP contribution in [0.3, 0.4) is 0 Å². The molecule has 0 aliphatic heterocycles. The molecule has 38 heavy (non-hydrogen) atoms. The van der Waals surface area contributed by atoms with Gasteiger partial charge in [-0.1, -0.05) is 6.08 Å². The van der Waals surface area contributed by atoms with Crippen LogP contribution in [0.1, 0.15) is 33.5 Å². The smallest absolute Gasteiger partial charge is 0.323 e. The van der Waals surface area contributed by atoms with E-state index in [1.165, 1.54) is 25.4 Å². The van der Waals surface area contributed by atoms with E-state index < -0.39 is 6.03 Å². The highest BCUT2D eigenvalue weighted by Crippen LogP contribution is 2.24. The molecule has 2 heterocycles. The second-order valence-electron chi connectivity index (χ2n) is 8.22. The number of imidazole rings is 1. The highest BCUT2D eigenvalue weighted by molar-refractivity contribution is 6.06. The summed E-state index contributed by atoms with van der Waals surface area (Å²) >= 11 is 0. The molecule has 0 fully saturated rings. The van der Waals surface area contributed by atoms with E-state index in [0.29, 0.717) is 34.1 Å². The zero-order valence-electron chi connectivity index (χ0n) is 21.1. The number of benzene rings is 2. The van der Waals surface area contributed by atoms with E-state index >= 15 is 0 Å². The molecule has 3 N–H and O–H groups in total. The van der Waals surface area contributed by atoms with Crippen molar-refractivity contribution in [3.05, 3.63) is 102 Å². The van der Waals surface area contributed by atoms with Crippen LogP contribution in [0, 0.1) is 6.92 Å². The van der Waals surface area contributed by atoms with Gasteiger partial charge in [-0.2, -0.15) is 0 Å². The van der Waals surface area contributed by atoms with Gasteiger partial charge in [0.15, 0.2) is 5.78 Å². The Bertz CT molecular complexity index is 1510. The van der Waals surface area contributed by atoms with Crippen LogP contribution in [0.15, 0.2) is 85.5 Å². The van der Waals surface area contributed by atoms with Gasteiger partial charge in [-0.15, -0.1) is 0 Å². The molecule has 10 nitrogen and oxygen atoms in total. The number of rotatable bonds is 8. The van der Waals surface area contributed by atoms with Gasteiger partial charge >= 0.3 is 6.03 Å². The van der Waals surface area contributed by atoms with Gasteiger partial charge < -0.3 is 25.3 Å². The first-order valence-corrected chi connectivity index (χ1v) is 11.7. The number of aromatic nitrogens is 3. The number of ether oxygens (including phenoxy) is 1. The van der Waals surface area contributed by atoms with Crippen molar-refractivity contribution in [3.8, 4) is 17.2 Å². The minimum absolute atomic E-state index is 0.179. The van der Waals surface area contributed by atoms with Crippen molar-refractivity contribution in [3.63, 3.8) is 0 Å². The van der Waals surface area contributed by atoms with Crippen molar-refractivity contribution < 1.29 is 19.1 Å². The van der Waals surface area contributed by atoms with E-state index in [1.807, 2.05) is 13.1 Å². The Morgan fingerprint density at radius 2 is 1.68 bits per heavy atom. The summed E-state index contributed by atoms with van der Waals surface area (Å²) in [6.45, 7) is 3.64. The van der Waals surface area contributed by atoms with Crippen molar-refractivity contribution >= 4 is 29.1 Å². The fourth-order valence-electron chi connectivity index (χ4n) is 3.55. The van der Waals surface area contributed by atoms with Gasteiger partial charge in [0.2, 0.25) is 0 Å². The number of nitrogens with one attached hydrogen (secondary N) is 3. The number of nitrogens with zero attached hydrogens (tertiary/aromatic N) is 3. The summed E-state index contributed by atoms with van der Waals surface area (Å²) in [5, 5.41) is 8.06. The lowest BCUT2D eigenvalue weighted by molar-refractivity contribution is 0.0957. The van der Waals surface area contributed by atoms with Gasteiger partial charge in [0, 0.05) is 48.1 Å². The first-order chi connectivity index (χ1) is 18.3. The molecule has 2 aromatic carbocycles. The van der Waals surface area contributed by atoms with Crippen LogP contribution in [0.4, 0.5) is 16.2 Å². The normalized spacial score (nSPS) is 10.7. The molecule has 4 rings (SSSR count). The molecular weight excluding hydrogens is 484 g/mol. The number of hydrogen-bond donors (Lipinski definition) is 3. The number of carbonyl (C=O) groups excluding carboxylic acids is 3. The molecule has 0 radical (unpaired) electrons. The topological polar surface area (TPSA) is 127 Å². The number of ketones is 1. The predicted molar refractivity (Wildman–Crippen MR) is 144 cm³/mol. The number of amides is 3. The number of hydrogen-bond acceptors (Lipinski definition) is 6. The SMILES string of the molecule is CC=CC(=O)c1cc(NC(=O)Nc2ccc(Oc3ccnc(C(=O)NC)c3)cc2)cc(-n2cnc(C)c2)c1. The van der Waals surface area contributed by atoms with Crippen LogP contribution in [-0.2, 0) is 0 Å². The maximum Gasteiger partial charge on any atom is 0.323 e. The van der Waals surface area contributed by atoms with Crippen LogP contribution < -0.4 is 20.7 Å². The summed E-state index contributed by atoms with van der Waals surface area (Å²) in [7, 11) is 1.53. The lowest BCUT2D eigenvalue weighted by Gasteiger charge is -2.12. The third-order valence-corrected chi connectivity index (χ3v) is 5.33. The van der Waals surface area contributed by atoms with Crippen LogP contribution in [0.2, 0.25) is 0 Å². The Balaban J connectivity index is 1.45. The fraction of sp³-hybridized carbons (Fsp3) is 0.107. The summed E-state index contributed by atoms with van der Waals surface area (Å²) < 4.78 is 7.57. The standard InChI is InChI=1S/C28H26N6O4/c1-4-5-26(35)19-12-21(14-22(13-19)34-16-18(2)31-17-34)33-28(37)32-20-6-8-23(9-7-20)38-24-10-11-30-25(15-24)27(36)29-3/h4-17H,1-3H3,(H,29,36)(H2,32,33,37). The van der Waals surface area contributed by atoms with E-state index in [1.54, 1.807) is 72.4 Å². The third kappa shape index (κ3) is 6.49. The Labute approximate surface area is 219 Å². The third-order valence-electron chi connectivity index (χ3n) is 5.33. The summed E-state index contributed by atoms with van der Waals surface area (Å²) in [5.74, 6) is 0.473. The van der Waals surface area contributed by atoms with Crippen LogP contribution in [-0.4, -0.2) is 39.3 Å². The van der Waals surface area contributed by atoms with E-state index in [4.69, 9.17) is 4.74 Å². The first-order valence-electron chi connectivity index (χ1n) is 11.7. The van der Waals surface area contributed by atoms with Gasteiger partial charge in [0.05, 0.1) is 12.0 Å². The van der Waals surface area contributed by atoms with Crippen molar-refractivity contribution in [2.24, 2.45) is 0 Å². The van der Waals surface area contributed by atoms with Crippen molar-refractivity contribution in [1.29, 1.82) is 0 Å². The second-order valence-corrected chi connectivity index (χ2v) is 8.22. The Morgan fingerprint density at radius 1 is 0.921 bits per heavy atom. The zero-order chi connectivity index (χ0) is 27.1. The van der Waals surface area contributed by atoms with E-state index in [-0.39, 0.29) is 17.4 Å². The Morgan fingerprint density at radius 3 is 2.37 bits per heavy atom. The Kier molecular flexibility index (Phi) is 7.92. The molecule has 4 aromatic rings. The molecule has 0 saturated heterocycles. The van der Waals surface area contributed by atoms with Crippen molar-refractivity contribution in [1.82, 2.24) is 19.9 Å². The van der Waals surface area contributed by atoms with Gasteiger partial charge in [0.1, 0.15) is 17.2 Å². The maximum absolute atomic E-state index is 12.7. The number of aryl methyl sites for hydroxylation is 1. The summed E-state index contributed by atoms with van der Waals surface area (Å²) in [6, 6.07) is 14.5. The summed E-state index contributed by atoms with van der Waals surface area (Å²) in [5.41, 5.74) is 3.16. The van der Waals surface area contributed by atoms with Crippen LogP contribution >= 0.6 is 0 Å². The highest BCUT2D eigenvalue weighted by Gasteiger charge is 2.11. The quantitative estimate of drug-likeness (QED) is 0.223. The first kappa shape index (κ1) is 25.8. The molecule has 192 valence electrons. The maximum atomic E-state index is 12.7. The fourth-order valence-corrected chi connectivity index (χ4v) is 3.55. The Hall–Kier alpha value is -5.25. The molecule has 0 spiro atoms. The summed E-state index contributed by atoms with van der Waals surface area (Å²) in [4.78, 5) is 45.3. The molecular formula is C28H26N6O4. The lowest BCUT2D eigenvalue weighted by Crippen LogP contribution is -2.19. The van der Waals surface area contributed by atoms with Gasteiger partial charge in [-0.05, 0) is 68.5 Å². The molecule has 0 bridgehead atoms. The lowest BCUT2D eigenvalue weighted by atomic mass is 10.1. The minimum atomic E-state index is -0.480. The number of allylic oxidation sites excluding steroid dienone is 2. The molecule has 0 saturated carbocycles. The average Bonchev–Trinajstić information content (AvgIpc) is 3.35. The number of pyridine rings is 1. The highest BCUT2D eigenvalue weighted by atomic mass is 16.5. The van der Waals surface area contributed by atoms with Crippen molar-refractivity contribution in [2.45, 2.75) is 13.8 Å². The van der Waals surface area contributed by atoms with E-state index in [9.17, 15) is 14.4 Å². The van der Waals surface area contributed by atoms with Gasteiger partial charge in [0.25, 0.3) is 5.91 Å². The van der Waals surface area contributed by atoms with Crippen molar-refractivity contribution in [2.75, 3.05) is 17.7 Å². The zero-order valence-corrected chi connectivity index (χ0v) is 21.1. The van der Waals surface area contributed by atoms with Gasteiger partial charge in [-0.25, -0.2) is 9.78 Å². The molecule has 10 heteroatoms. The molecule has 2 aromatic heterocycles. The van der Waals surface area contributed by atoms with Crippen LogP contribution in [0.5, 0.6) is 11.5 Å². The minimum Gasteiger partial charge on any atom is -0.457 e. The number of anilines is 2. The predicted octanol–water partition coefficient (Wildman–Crippen LogP) is 5.13. The average molecular weight is 511 g/mol. The van der Waals surface area contributed by atoms with E-state index in [0.717, 1.165) is 5.69 Å². The molecule has 0 aliphatic rings. The van der Waals surface area contributed by atoms with Gasteiger partial charge in [-0.3, -0.25) is 14.6 Å². The molecule has 3 amide bonds. The molecule has 0 atom stereocenters. The van der Waals surface area contributed by atoms with E-state index in [2.05, 4.69) is 25.9 Å². The number of carbonyl (C=O) groups is 3. The monoisotopic (exact) mass is 510 g/mol. The van der Waals surface area contributed by atoms with Crippen LogP contribution in [0.25, 0.3) is 5.69 Å². The largest absolute Gasteiger partial charge is 0.457 e. The summed E-state index contributed by atoms with van der Waals surface area (Å²) in [6.07, 6.45) is 8.10. The molecule has 0 unspecified atom stereocenters.